The largest absolute Gasteiger partial charge is 0.506 e. The van der Waals surface area contributed by atoms with Gasteiger partial charge in [0, 0.05) is 14.0 Å². The van der Waals surface area contributed by atoms with E-state index in [1.807, 2.05) is 0 Å². The molecule has 0 saturated heterocycles. The fourth-order valence-corrected chi connectivity index (χ4v) is 1.75. The van der Waals surface area contributed by atoms with Gasteiger partial charge in [-0.2, -0.15) is 0 Å². The molecule has 0 spiro atoms. The Kier molecular flexibility index (Phi) is 8.54. The van der Waals surface area contributed by atoms with Crippen LogP contribution in [0.25, 0.3) is 0 Å². The van der Waals surface area contributed by atoms with Crippen molar-refractivity contribution >= 4 is 54.4 Å². The summed E-state index contributed by atoms with van der Waals surface area (Å²) >= 11 is 16.1. The van der Waals surface area contributed by atoms with Gasteiger partial charge in [-0.3, -0.25) is 4.79 Å². The SMILES string of the molecule is O=C(Cl)c1ccc(O)c(Cl)c1.O=C(O)c1ccc(O)c(Cl)c1.[B]. The van der Waals surface area contributed by atoms with Crippen molar-refractivity contribution in [1.82, 2.24) is 0 Å². The quantitative estimate of drug-likeness (QED) is 0.549. The van der Waals surface area contributed by atoms with Gasteiger partial charge >= 0.3 is 5.97 Å². The number of phenolic OH excluding ortho intramolecular Hbond substituents is 2. The normalized spacial score (nSPS) is 9.17. The molecule has 23 heavy (non-hydrogen) atoms. The van der Waals surface area contributed by atoms with Crippen LogP contribution in [-0.4, -0.2) is 34.9 Å². The van der Waals surface area contributed by atoms with E-state index in [0.717, 1.165) is 0 Å². The molecule has 5 nitrogen and oxygen atoms in total. The number of hydrogen-bond acceptors (Lipinski definition) is 4. The maximum absolute atomic E-state index is 10.5. The van der Waals surface area contributed by atoms with Crippen LogP contribution in [0.4, 0.5) is 0 Å². The fourth-order valence-electron chi connectivity index (χ4n) is 1.27. The topological polar surface area (TPSA) is 94.8 Å². The first-order valence-electron chi connectivity index (χ1n) is 5.62. The number of aromatic carboxylic acids is 1. The summed E-state index contributed by atoms with van der Waals surface area (Å²) in [5.41, 5.74) is 0.335. The van der Waals surface area contributed by atoms with Crippen molar-refractivity contribution in [2.24, 2.45) is 0 Å². The summed E-state index contributed by atoms with van der Waals surface area (Å²) in [5, 5.41) is 25.9. The number of aromatic hydroxyl groups is 2. The lowest BCUT2D eigenvalue weighted by Gasteiger charge is -1.96. The van der Waals surface area contributed by atoms with Crippen LogP contribution >= 0.6 is 34.8 Å². The molecular weight excluding hydrogens is 365 g/mol. The number of rotatable bonds is 2. The van der Waals surface area contributed by atoms with Crippen molar-refractivity contribution in [3.05, 3.63) is 57.6 Å². The third-order valence-corrected chi connectivity index (χ3v) is 3.19. The van der Waals surface area contributed by atoms with Gasteiger partial charge in [0.2, 0.25) is 0 Å². The molecule has 9 heteroatoms. The molecule has 0 unspecified atom stereocenters. The number of phenols is 2. The van der Waals surface area contributed by atoms with Gasteiger partial charge in [0.15, 0.2) is 0 Å². The highest BCUT2D eigenvalue weighted by Gasteiger charge is 2.05. The standard InChI is InChI=1S/C7H4Cl2O2.C7H5ClO3.B/c8-5-3-4(7(9)11)1-2-6(5)10;8-5-3-4(7(10)11)1-2-6(5)9;/h1-3,10H;1-3,9H,(H,10,11);. The lowest BCUT2D eigenvalue weighted by atomic mass is 10.2. The number of halogens is 3. The van der Waals surface area contributed by atoms with E-state index in [4.69, 9.17) is 50.1 Å². The third-order valence-electron chi connectivity index (χ3n) is 2.37. The number of hydrogen-bond donors (Lipinski definition) is 3. The minimum Gasteiger partial charge on any atom is -0.506 e. The summed E-state index contributed by atoms with van der Waals surface area (Å²) < 4.78 is 0. The maximum Gasteiger partial charge on any atom is 0.335 e. The zero-order valence-corrected chi connectivity index (χ0v) is 13.6. The molecule has 3 radical (unpaired) electrons. The second-order valence-corrected chi connectivity index (χ2v) is 5.07. The molecule has 0 saturated carbocycles. The fraction of sp³-hybridized carbons (Fsp3) is 0. The van der Waals surface area contributed by atoms with Crippen molar-refractivity contribution in [2.75, 3.05) is 0 Å². The zero-order valence-electron chi connectivity index (χ0n) is 11.3. The Bertz CT molecular complexity index is 660. The van der Waals surface area contributed by atoms with Crippen molar-refractivity contribution < 1.29 is 24.9 Å². The number of carboxylic acids is 1. The lowest BCUT2D eigenvalue weighted by Crippen LogP contribution is -1.94. The minimum atomic E-state index is -1.06. The second-order valence-electron chi connectivity index (χ2n) is 3.91. The highest BCUT2D eigenvalue weighted by Crippen LogP contribution is 2.24. The zero-order chi connectivity index (χ0) is 16.9. The first-order valence-corrected chi connectivity index (χ1v) is 6.76. The summed E-state index contributed by atoms with van der Waals surface area (Å²) in [6.45, 7) is 0. The van der Waals surface area contributed by atoms with Crippen LogP contribution in [0.1, 0.15) is 20.7 Å². The highest BCUT2D eigenvalue weighted by atomic mass is 35.5. The maximum atomic E-state index is 10.5. The molecular formula is C14H9BCl3O5. The van der Waals surface area contributed by atoms with Crippen LogP contribution < -0.4 is 0 Å². The molecule has 2 aromatic rings. The first-order chi connectivity index (χ1) is 10.2. The summed E-state index contributed by atoms with van der Waals surface area (Å²) in [5.74, 6) is -1.24. The second kappa shape index (κ2) is 9.30. The molecule has 3 N–H and O–H groups in total. The van der Waals surface area contributed by atoms with E-state index in [-0.39, 0.29) is 41.1 Å². The average Bonchev–Trinajstić information content (AvgIpc) is 2.45. The van der Waals surface area contributed by atoms with Gasteiger partial charge in [0.05, 0.1) is 15.6 Å². The van der Waals surface area contributed by atoms with E-state index in [9.17, 15) is 9.59 Å². The molecule has 0 aliphatic rings. The van der Waals surface area contributed by atoms with Crippen molar-refractivity contribution in [2.45, 2.75) is 0 Å². The van der Waals surface area contributed by atoms with E-state index < -0.39 is 11.2 Å². The van der Waals surface area contributed by atoms with Crippen LogP contribution in [0.15, 0.2) is 36.4 Å². The Labute approximate surface area is 148 Å². The van der Waals surface area contributed by atoms with E-state index in [1.165, 1.54) is 36.4 Å². The Morgan fingerprint density at radius 3 is 1.57 bits per heavy atom. The van der Waals surface area contributed by atoms with E-state index >= 15 is 0 Å². The molecule has 2 rings (SSSR count). The molecule has 0 aromatic heterocycles. The van der Waals surface area contributed by atoms with E-state index in [1.54, 1.807) is 0 Å². The number of carbonyl (C=O) groups is 2. The summed E-state index contributed by atoms with van der Waals surface area (Å²) in [7, 11) is 0. The van der Waals surface area contributed by atoms with E-state index in [2.05, 4.69) is 0 Å². The summed E-state index contributed by atoms with van der Waals surface area (Å²) in [4.78, 5) is 20.9. The predicted molar refractivity (Wildman–Crippen MR) is 89.1 cm³/mol. The summed E-state index contributed by atoms with van der Waals surface area (Å²) in [6, 6.07) is 7.75. The van der Waals surface area contributed by atoms with Crippen LogP contribution in [0.3, 0.4) is 0 Å². The van der Waals surface area contributed by atoms with Gasteiger partial charge in [-0.1, -0.05) is 23.2 Å². The Balaban J connectivity index is 0.000000403. The van der Waals surface area contributed by atoms with Crippen LogP contribution in [0.5, 0.6) is 11.5 Å². The molecule has 0 aliphatic heterocycles. The molecule has 0 aliphatic carbocycles. The monoisotopic (exact) mass is 373 g/mol. The smallest absolute Gasteiger partial charge is 0.335 e. The molecule has 119 valence electrons. The van der Waals surface area contributed by atoms with E-state index in [0.29, 0.717) is 0 Å². The van der Waals surface area contributed by atoms with Gasteiger partial charge in [0.1, 0.15) is 11.5 Å². The highest BCUT2D eigenvalue weighted by molar-refractivity contribution is 6.67. The Hall–Kier alpha value is -1.89. The van der Waals surface area contributed by atoms with Gasteiger partial charge in [-0.05, 0) is 48.0 Å². The van der Waals surface area contributed by atoms with Crippen molar-refractivity contribution in [3.63, 3.8) is 0 Å². The molecule has 0 bridgehead atoms. The van der Waals surface area contributed by atoms with Crippen LogP contribution in [0, 0.1) is 0 Å². The number of carboxylic acid groups (broad SMARTS) is 1. The minimum absolute atomic E-state index is 0. The molecule has 0 fully saturated rings. The molecule has 0 heterocycles. The van der Waals surface area contributed by atoms with Gasteiger partial charge in [-0.15, -0.1) is 0 Å². The first kappa shape index (κ1) is 21.1. The van der Waals surface area contributed by atoms with Gasteiger partial charge in [0.25, 0.3) is 5.24 Å². The number of carbonyl (C=O) groups excluding carboxylic acids is 1. The average molecular weight is 374 g/mol. The molecule has 0 amide bonds. The van der Waals surface area contributed by atoms with Gasteiger partial charge in [-0.25, -0.2) is 4.79 Å². The van der Waals surface area contributed by atoms with Gasteiger partial charge < -0.3 is 15.3 Å². The molecule has 0 atom stereocenters. The lowest BCUT2D eigenvalue weighted by molar-refractivity contribution is 0.0696. The summed E-state index contributed by atoms with van der Waals surface area (Å²) in [6.07, 6.45) is 0. The van der Waals surface area contributed by atoms with Crippen LogP contribution in [0.2, 0.25) is 10.0 Å². The van der Waals surface area contributed by atoms with Crippen LogP contribution in [-0.2, 0) is 0 Å². The molecule has 2 aromatic carbocycles. The van der Waals surface area contributed by atoms with Crippen molar-refractivity contribution in [1.29, 1.82) is 0 Å². The Morgan fingerprint density at radius 1 is 0.826 bits per heavy atom. The third kappa shape index (κ3) is 6.40. The predicted octanol–water partition coefficient (Wildman–Crippen LogP) is 3.79. The Morgan fingerprint density at radius 2 is 1.22 bits per heavy atom. The number of benzene rings is 2. The van der Waals surface area contributed by atoms with Crippen molar-refractivity contribution in [3.8, 4) is 11.5 Å².